The van der Waals surface area contributed by atoms with Crippen LogP contribution >= 0.6 is 0 Å². The van der Waals surface area contributed by atoms with E-state index in [0.717, 1.165) is 16.7 Å². The van der Waals surface area contributed by atoms with Crippen LogP contribution in [0.2, 0.25) is 0 Å². The summed E-state index contributed by atoms with van der Waals surface area (Å²) in [5.41, 5.74) is 2.63. The van der Waals surface area contributed by atoms with Gasteiger partial charge in [-0.2, -0.15) is 0 Å². The topological polar surface area (TPSA) is 78.7 Å². The minimum Gasteiger partial charge on any atom is -0.493 e. The quantitative estimate of drug-likeness (QED) is 0.283. The summed E-state index contributed by atoms with van der Waals surface area (Å²) in [6.07, 6.45) is 3.04. The molecule has 160 valence electrons. The average Bonchev–Trinajstić information content (AvgIpc) is 3.55. The maximum absolute atomic E-state index is 12.6. The Labute approximate surface area is 177 Å². The normalized spacial score (nSPS) is 14.4. The lowest BCUT2D eigenvalue weighted by Gasteiger charge is -2.20. The molecule has 2 aromatic rings. The predicted octanol–water partition coefficient (Wildman–Crippen LogP) is 5.74. The first-order valence-corrected chi connectivity index (χ1v) is 10.6. The van der Waals surface area contributed by atoms with E-state index in [1.54, 1.807) is 12.1 Å². The van der Waals surface area contributed by atoms with Crippen LogP contribution in [0.4, 0.5) is 5.69 Å². The second kappa shape index (κ2) is 9.74. The van der Waals surface area contributed by atoms with Crippen LogP contribution in [0, 0.1) is 22.0 Å². The van der Waals surface area contributed by atoms with Crippen LogP contribution in [0.25, 0.3) is 11.1 Å². The van der Waals surface area contributed by atoms with Gasteiger partial charge in [-0.05, 0) is 67.3 Å². The van der Waals surface area contributed by atoms with Crippen molar-refractivity contribution in [1.82, 2.24) is 0 Å². The number of hydrogen-bond acceptors (Lipinski definition) is 5. The zero-order chi connectivity index (χ0) is 21.7. The van der Waals surface area contributed by atoms with Gasteiger partial charge in [-0.25, -0.2) is 0 Å². The van der Waals surface area contributed by atoms with Crippen LogP contribution in [0.1, 0.15) is 51.5 Å². The molecule has 1 unspecified atom stereocenters. The lowest BCUT2D eigenvalue weighted by molar-refractivity contribution is -0.384. The summed E-state index contributed by atoms with van der Waals surface area (Å²) >= 11 is 0. The van der Waals surface area contributed by atoms with E-state index in [1.165, 1.54) is 25.0 Å². The van der Waals surface area contributed by atoms with E-state index >= 15 is 0 Å². The molecule has 0 amide bonds. The molecule has 6 nitrogen and oxygen atoms in total. The van der Waals surface area contributed by atoms with Crippen LogP contribution in [-0.4, -0.2) is 24.1 Å². The third kappa shape index (κ3) is 5.59. The minimum atomic E-state index is -0.409. The van der Waals surface area contributed by atoms with Gasteiger partial charge in [-0.3, -0.25) is 14.9 Å². The first-order valence-electron chi connectivity index (χ1n) is 10.6. The van der Waals surface area contributed by atoms with Gasteiger partial charge in [-0.15, -0.1) is 0 Å². The summed E-state index contributed by atoms with van der Waals surface area (Å²) in [6.45, 7) is 6.97. The Morgan fingerprint density at radius 2 is 1.87 bits per heavy atom. The Hall–Kier alpha value is -2.89. The number of ether oxygens (including phenoxy) is 2. The number of esters is 1. The fourth-order valence-corrected chi connectivity index (χ4v) is 3.45. The number of hydrogen-bond donors (Lipinski definition) is 0. The Kier molecular flexibility index (Phi) is 7.08. The fraction of sp³-hybridized carbons (Fsp3) is 0.458. The van der Waals surface area contributed by atoms with E-state index in [9.17, 15) is 14.9 Å². The molecular weight excluding hydrogens is 382 g/mol. The maximum atomic E-state index is 12.6. The summed E-state index contributed by atoms with van der Waals surface area (Å²) < 4.78 is 11.5. The van der Waals surface area contributed by atoms with Gasteiger partial charge < -0.3 is 9.47 Å². The van der Waals surface area contributed by atoms with E-state index in [-0.39, 0.29) is 17.6 Å². The first kappa shape index (κ1) is 21.8. The van der Waals surface area contributed by atoms with Crippen LogP contribution in [-0.2, 0) is 9.53 Å². The number of rotatable bonds is 10. The Morgan fingerprint density at radius 3 is 2.43 bits per heavy atom. The van der Waals surface area contributed by atoms with Crippen molar-refractivity contribution in [3.8, 4) is 16.9 Å². The van der Waals surface area contributed by atoms with Gasteiger partial charge >= 0.3 is 5.97 Å². The summed E-state index contributed by atoms with van der Waals surface area (Å²) in [6, 6.07) is 12.3. The van der Waals surface area contributed by atoms with Gasteiger partial charge in [0.2, 0.25) is 0 Å². The highest BCUT2D eigenvalue weighted by molar-refractivity contribution is 5.80. The van der Waals surface area contributed by atoms with Gasteiger partial charge in [0, 0.05) is 17.7 Å². The molecule has 0 saturated heterocycles. The lowest BCUT2D eigenvalue weighted by atomic mass is 9.89. The van der Waals surface area contributed by atoms with Crippen molar-refractivity contribution >= 4 is 11.7 Å². The van der Waals surface area contributed by atoms with Crippen LogP contribution in [0.15, 0.2) is 42.5 Å². The largest absolute Gasteiger partial charge is 0.493 e. The second-order valence-electron chi connectivity index (χ2n) is 8.25. The Morgan fingerprint density at radius 1 is 1.17 bits per heavy atom. The third-order valence-corrected chi connectivity index (χ3v) is 5.25. The molecule has 0 N–H and O–H groups in total. The zero-order valence-corrected chi connectivity index (χ0v) is 17.8. The molecule has 0 aliphatic heterocycles. The van der Waals surface area contributed by atoms with Crippen molar-refractivity contribution in [3.05, 3.63) is 58.1 Å². The molecular formula is C24H29NO5. The molecule has 1 atom stereocenters. The molecule has 0 radical (unpaired) electrons. The lowest BCUT2D eigenvalue weighted by Crippen LogP contribution is -2.18. The molecule has 0 heterocycles. The van der Waals surface area contributed by atoms with Crippen LogP contribution < -0.4 is 4.74 Å². The Balaban J connectivity index is 1.96. The molecule has 1 fully saturated rings. The molecule has 6 heteroatoms. The first-order chi connectivity index (χ1) is 14.4. The van der Waals surface area contributed by atoms with Gasteiger partial charge in [0.1, 0.15) is 5.75 Å². The van der Waals surface area contributed by atoms with E-state index in [4.69, 9.17) is 9.47 Å². The van der Waals surface area contributed by atoms with Gasteiger partial charge in [0.15, 0.2) is 0 Å². The number of carbonyl (C=O) groups is 1. The van der Waals surface area contributed by atoms with Crippen molar-refractivity contribution in [2.75, 3.05) is 13.2 Å². The van der Waals surface area contributed by atoms with Crippen molar-refractivity contribution in [2.24, 2.45) is 11.8 Å². The molecule has 2 aromatic carbocycles. The SMILES string of the molecule is CCOC(=O)C(CC(C)C)c1ccc(-c2ccc([N+](=O)[O-])cc2)c(OCC2CC2)c1. The van der Waals surface area contributed by atoms with E-state index in [0.29, 0.717) is 37.2 Å². The summed E-state index contributed by atoms with van der Waals surface area (Å²) in [5.74, 6) is 1.05. The fourth-order valence-electron chi connectivity index (χ4n) is 3.45. The second-order valence-corrected chi connectivity index (χ2v) is 8.25. The molecule has 0 bridgehead atoms. The van der Waals surface area contributed by atoms with Gasteiger partial charge in [0.05, 0.1) is 24.1 Å². The Bertz CT molecular complexity index is 887. The van der Waals surface area contributed by atoms with E-state index < -0.39 is 4.92 Å². The van der Waals surface area contributed by atoms with E-state index in [2.05, 4.69) is 13.8 Å². The average molecular weight is 411 g/mol. The van der Waals surface area contributed by atoms with Gasteiger partial charge in [-0.1, -0.05) is 26.0 Å². The number of non-ortho nitro benzene ring substituents is 1. The predicted molar refractivity (Wildman–Crippen MR) is 116 cm³/mol. The molecule has 30 heavy (non-hydrogen) atoms. The van der Waals surface area contributed by atoms with Crippen molar-refractivity contribution in [2.45, 2.75) is 46.0 Å². The third-order valence-electron chi connectivity index (χ3n) is 5.25. The van der Waals surface area contributed by atoms with E-state index in [1.807, 2.05) is 25.1 Å². The number of nitrogens with zero attached hydrogens (tertiary/aromatic N) is 1. The molecule has 0 aromatic heterocycles. The smallest absolute Gasteiger partial charge is 0.313 e. The zero-order valence-electron chi connectivity index (χ0n) is 17.8. The highest BCUT2D eigenvalue weighted by atomic mass is 16.6. The molecule has 1 saturated carbocycles. The standard InChI is InChI=1S/C24H29NO5/c1-4-29-24(26)22(13-16(2)3)19-9-12-21(23(14-19)30-15-17-5-6-17)18-7-10-20(11-8-18)25(27)28/h7-12,14,16-17,22H,4-6,13,15H2,1-3H3. The van der Waals surface area contributed by atoms with Crippen molar-refractivity contribution in [3.63, 3.8) is 0 Å². The van der Waals surface area contributed by atoms with Crippen LogP contribution in [0.3, 0.4) is 0 Å². The highest BCUT2D eigenvalue weighted by Gasteiger charge is 2.26. The number of nitro benzene ring substituents is 1. The summed E-state index contributed by atoms with van der Waals surface area (Å²) in [5, 5.41) is 11.0. The van der Waals surface area contributed by atoms with Gasteiger partial charge in [0.25, 0.3) is 5.69 Å². The number of benzene rings is 2. The summed E-state index contributed by atoms with van der Waals surface area (Å²) in [4.78, 5) is 23.1. The number of carbonyl (C=O) groups excluding carboxylic acids is 1. The summed E-state index contributed by atoms with van der Waals surface area (Å²) in [7, 11) is 0. The molecule has 3 rings (SSSR count). The maximum Gasteiger partial charge on any atom is 0.313 e. The minimum absolute atomic E-state index is 0.0510. The van der Waals surface area contributed by atoms with Crippen molar-refractivity contribution in [1.29, 1.82) is 0 Å². The highest BCUT2D eigenvalue weighted by Crippen LogP contribution is 2.37. The number of nitro groups is 1. The molecule has 0 spiro atoms. The van der Waals surface area contributed by atoms with Crippen molar-refractivity contribution < 1.29 is 19.2 Å². The molecule has 1 aliphatic rings. The molecule has 1 aliphatic carbocycles. The monoisotopic (exact) mass is 411 g/mol. The van der Waals surface area contributed by atoms with Crippen LogP contribution in [0.5, 0.6) is 5.75 Å².